The molecule has 0 saturated heterocycles. The minimum atomic E-state index is 0.133. The van der Waals surface area contributed by atoms with Gasteiger partial charge in [-0.15, -0.1) is 0 Å². The van der Waals surface area contributed by atoms with Crippen molar-refractivity contribution in [1.82, 2.24) is 4.98 Å². The summed E-state index contributed by atoms with van der Waals surface area (Å²) in [5.41, 5.74) is 0.578. The molecular weight excluding hydrogens is 138 g/mol. The van der Waals surface area contributed by atoms with Gasteiger partial charge in [-0.3, -0.25) is 9.78 Å². The molecule has 11 heavy (non-hydrogen) atoms. The SMILES string of the molecule is CCCC(=O)c1ccccn1. The Balaban J connectivity index is 2.69. The highest BCUT2D eigenvalue weighted by molar-refractivity contribution is 5.93. The lowest BCUT2D eigenvalue weighted by Crippen LogP contribution is -1.99. The molecule has 0 aliphatic carbocycles. The zero-order valence-electron chi connectivity index (χ0n) is 6.58. The highest BCUT2D eigenvalue weighted by Gasteiger charge is 2.02. The minimum absolute atomic E-state index is 0.133. The summed E-state index contributed by atoms with van der Waals surface area (Å²) in [6.07, 6.45) is 3.12. The van der Waals surface area contributed by atoms with Crippen molar-refractivity contribution in [3.05, 3.63) is 30.1 Å². The molecule has 58 valence electrons. The summed E-state index contributed by atoms with van der Waals surface area (Å²) in [6, 6.07) is 5.39. The molecule has 0 fully saturated rings. The van der Waals surface area contributed by atoms with Crippen molar-refractivity contribution in [2.24, 2.45) is 0 Å². The van der Waals surface area contributed by atoms with Crippen molar-refractivity contribution in [3.63, 3.8) is 0 Å². The van der Waals surface area contributed by atoms with Gasteiger partial charge in [-0.25, -0.2) is 0 Å². The van der Waals surface area contributed by atoms with Crippen LogP contribution >= 0.6 is 0 Å². The van der Waals surface area contributed by atoms with E-state index in [-0.39, 0.29) is 5.78 Å². The van der Waals surface area contributed by atoms with E-state index >= 15 is 0 Å². The summed E-state index contributed by atoms with van der Waals surface area (Å²) in [7, 11) is 0. The normalized spacial score (nSPS) is 9.55. The first-order valence-corrected chi connectivity index (χ1v) is 3.79. The molecule has 0 N–H and O–H groups in total. The lowest BCUT2D eigenvalue weighted by molar-refractivity contribution is 0.0977. The summed E-state index contributed by atoms with van der Waals surface area (Å²) < 4.78 is 0. The van der Waals surface area contributed by atoms with Crippen LogP contribution in [0.5, 0.6) is 0 Å². The highest BCUT2D eigenvalue weighted by Crippen LogP contribution is 2.00. The van der Waals surface area contributed by atoms with Gasteiger partial charge >= 0.3 is 0 Å². The number of hydrogen-bond acceptors (Lipinski definition) is 2. The Morgan fingerprint density at radius 3 is 2.91 bits per heavy atom. The topological polar surface area (TPSA) is 30.0 Å². The number of nitrogens with zero attached hydrogens (tertiary/aromatic N) is 1. The van der Waals surface area contributed by atoms with Crippen molar-refractivity contribution in [2.75, 3.05) is 0 Å². The number of hydrogen-bond donors (Lipinski definition) is 0. The zero-order chi connectivity index (χ0) is 8.10. The van der Waals surface area contributed by atoms with Crippen LogP contribution in [0.2, 0.25) is 0 Å². The third-order valence-corrected chi connectivity index (χ3v) is 1.43. The largest absolute Gasteiger partial charge is 0.292 e. The Morgan fingerprint density at radius 1 is 1.55 bits per heavy atom. The monoisotopic (exact) mass is 149 g/mol. The van der Waals surface area contributed by atoms with Crippen LogP contribution in [0.15, 0.2) is 24.4 Å². The smallest absolute Gasteiger partial charge is 0.181 e. The first-order valence-electron chi connectivity index (χ1n) is 3.79. The first kappa shape index (κ1) is 7.92. The molecule has 0 aliphatic heterocycles. The van der Waals surface area contributed by atoms with Crippen LogP contribution in [0, 0.1) is 0 Å². The minimum Gasteiger partial charge on any atom is -0.292 e. The Kier molecular flexibility index (Phi) is 2.78. The van der Waals surface area contributed by atoms with Crippen LogP contribution in [-0.4, -0.2) is 10.8 Å². The van der Waals surface area contributed by atoms with Crippen LogP contribution in [0.25, 0.3) is 0 Å². The second-order valence-electron chi connectivity index (χ2n) is 2.39. The molecule has 0 saturated carbocycles. The van der Waals surface area contributed by atoms with Gasteiger partial charge in [0.2, 0.25) is 0 Å². The van der Waals surface area contributed by atoms with Gasteiger partial charge in [0.05, 0.1) is 0 Å². The van der Waals surface area contributed by atoms with Crippen molar-refractivity contribution >= 4 is 5.78 Å². The van der Waals surface area contributed by atoms with E-state index in [0.717, 1.165) is 6.42 Å². The van der Waals surface area contributed by atoms with Gasteiger partial charge in [-0.2, -0.15) is 0 Å². The number of ketones is 1. The zero-order valence-corrected chi connectivity index (χ0v) is 6.58. The van der Waals surface area contributed by atoms with E-state index in [1.54, 1.807) is 12.3 Å². The molecule has 0 aromatic carbocycles. The molecule has 1 aromatic rings. The maximum absolute atomic E-state index is 11.2. The molecule has 0 aliphatic rings. The van der Waals surface area contributed by atoms with Crippen LogP contribution in [-0.2, 0) is 0 Å². The number of carbonyl (C=O) groups excluding carboxylic acids is 1. The fourth-order valence-corrected chi connectivity index (χ4v) is 0.883. The lowest BCUT2D eigenvalue weighted by Gasteiger charge is -1.95. The fourth-order valence-electron chi connectivity index (χ4n) is 0.883. The standard InChI is InChI=1S/C9H11NO/c1-2-5-9(11)8-6-3-4-7-10-8/h3-4,6-7H,2,5H2,1H3. The van der Waals surface area contributed by atoms with Gasteiger partial charge in [-0.1, -0.05) is 13.0 Å². The molecule has 1 heterocycles. The predicted octanol–water partition coefficient (Wildman–Crippen LogP) is 2.06. The van der Waals surface area contributed by atoms with E-state index in [4.69, 9.17) is 0 Å². The lowest BCUT2D eigenvalue weighted by atomic mass is 10.2. The average Bonchev–Trinajstić information content (AvgIpc) is 2.07. The molecule has 0 amide bonds. The highest BCUT2D eigenvalue weighted by atomic mass is 16.1. The Morgan fingerprint density at radius 2 is 2.36 bits per heavy atom. The van der Waals surface area contributed by atoms with Crippen molar-refractivity contribution in [3.8, 4) is 0 Å². The molecule has 0 radical (unpaired) electrons. The second kappa shape index (κ2) is 3.86. The summed E-state index contributed by atoms with van der Waals surface area (Å²) in [4.78, 5) is 15.1. The number of aromatic nitrogens is 1. The van der Waals surface area contributed by atoms with Gasteiger partial charge in [0.1, 0.15) is 5.69 Å². The third-order valence-electron chi connectivity index (χ3n) is 1.43. The van der Waals surface area contributed by atoms with E-state index in [0.29, 0.717) is 12.1 Å². The van der Waals surface area contributed by atoms with Crippen LogP contribution in [0.3, 0.4) is 0 Å². The molecule has 0 spiro atoms. The summed E-state index contributed by atoms with van der Waals surface area (Å²) in [5.74, 6) is 0.133. The number of Topliss-reactive ketones (excluding diaryl/α,β-unsaturated/α-hetero) is 1. The summed E-state index contributed by atoms with van der Waals surface area (Å²) in [5, 5.41) is 0. The number of pyridine rings is 1. The Bertz CT molecular complexity index is 231. The number of rotatable bonds is 3. The molecule has 2 nitrogen and oxygen atoms in total. The van der Waals surface area contributed by atoms with E-state index in [9.17, 15) is 4.79 Å². The quantitative estimate of drug-likeness (QED) is 0.616. The fraction of sp³-hybridized carbons (Fsp3) is 0.333. The third kappa shape index (κ3) is 2.15. The molecule has 0 atom stereocenters. The average molecular weight is 149 g/mol. The first-order chi connectivity index (χ1) is 5.34. The van der Waals surface area contributed by atoms with E-state index in [1.165, 1.54) is 0 Å². The molecule has 1 aromatic heterocycles. The molecule has 0 bridgehead atoms. The Labute approximate surface area is 66.3 Å². The molecular formula is C9H11NO. The van der Waals surface area contributed by atoms with Gasteiger partial charge in [0, 0.05) is 12.6 Å². The van der Waals surface area contributed by atoms with Crippen molar-refractivity contribution < 1.29 is 4.79 Å². The van der Waals surface area contributed by atoms with Crippen LogP contribution in [0.1, 0.15) is 30.3 Å². The number of carbonyl (C=O) groups is 1. The second-order valence-corrected chi connectivity index (χ2v) is 2.39. The van der Waals surface area contributed by atoms with Crippen LogP contribution in [0.4, 0.5) is 0 Å². The van der Waals surface area contributed by atoms with E-state index < -0.39 is 0 Å². The van der Waals surface area contributed by atoms with Crippen molar-refractivity contribution in [2.45, 2.75) is 19.8 Å². The van der Waals surface area contributed by atoms with E-state index in [2.05, 4.69) is 4.98 Å². The molecule has 0 unspecified atom stereocenters. The maximum Gasteiger partial charge on any atom is 0.181 e. The van der Waals surface area contributed by atoms with Gasteiger partial charge < -0.3 is 0 Å². The van der Waals surface area contributed by atoms with Gasteiger partial charge in [0.25, 0.3) is 0 Å². The van der Waals surface area contributed by atoms with Gasteiger partial charge in [-0.05, 0) is 18.6 Å². The predicted molar refractivity (Wildman–Crippen MR) is 43.5 cm³/mol. The molecule has 1 rings (SSSR count). The van der Waals surface area contributed by atoms with Gasteiger partial charge in [0.15, 0.2) is 5.78 Å². The Hall–Kier alpha value is -1.18. The molecule has 2 heteroatoms. The van der Waals surface area contributed by atoms with Crippen LogP contribution < -0.4 is 0 Å². The summed E-state index contributed by atoms with van der Waals surface area (Å²) >= 11 is 0. The van der Waals surface area contributed by atoms with Crippen molar-refractivity contribution in [1.29, 1.82) is 0 Å². The van der Waals surface area contributed by atoms with E-state index in [1.807, 2.05) is 19.1 Å². The summed E-state index contributed by atoms with van der Waals surface area (Å²) in [6.45, 7) is 1.99. The maximum atomic E-state index is 11.2.